The van der Waals surface area contributed by atoms with Crippen LogP contribution in [0.15, 0.2) is 78.7 Å². The van der Waals surface area contributed by atoms with Gasteiger partial charge in [-0.2, -0.15) is 0 Å². The zero-order valence-electron chi connectivity index (χ0n) is 21.1. The van der Waals surface area contributed by atoms with Gasteiger partial charge >= 0.3 is 0 Å². The van der Waals surface area contributed by atoms with Crippen molar-refractivity contribution < 1.29 is 9.59 Å². The maximum atomic E-state index is 13.7. The molecule has 0 spiro atoms. The van der Waals surface area contributed by atoms with E-state index >= 15 is 0 Å². The van der Waals surface area contributed by atoms with Gasteiger partial charge in [0.1, 0.15) is 11.9 Å². The van der Waals surface area contributed by atoms with Gasteiger partial charge in [-0.15, -0.1) is 29.5 Å². The fraction of sp³-hybridized carbons (Fsp3) is 0.333. The molecule has 4 rings (SSSR count). The number of hydrogen-bond donors (Lipinski definition) is 0. The standard InChI is InChI=1S/C30H33ClN2O2S/c1-5-17-32(29(35)27(31)21-9-7-6-8-10-21)20-26(34)33-18-15-25-24(16-19-36-25)28(33)22-11-13-23(14-12-22)30(2,3)4/h5-14,16,19,27-28H,1,15,17-18,20H2,2-4H3. The van der Waals surface area contributed by atoms with Crippen molar-refractivity contribution >= 4 is 34.8 Å². The normalized spacial score (nSPS) is 16.2. The van der Waals surface area contributed by atoms with E-state index in [0.29, 0.717) is 12.1 Å². The Bertz CT molecular complexity index is 1210. The van der Waals surface area contributed by atoms with E-state index in [4.69, 9.17) is 11.6 Å². The van der Waals surface area contributed by atoms with Crippen molar-refractivity contribution in [2.45, 2.75) is 44.0 Å². The lowest BCUT2D eigenvalue weighted by Crippen LogP contribution is -2.47. The molecule has 2 aromatic carbocycles. The number of hydrogen-bond acceptors (Lipinski definition) is 3. The number of thiophene rings is 1. The van der Waals surface area contributed by atoms with Gasteiger partial charge in [-0.25, -0.2) is 0 Å². The molecule has 36 heavy (non-hydrogen) atoms. The molecule has 1 aliphatic rings. The lowest BCUT2D eigenvalue weighted by molar-refractivity contribution is -0.141. The van der Waals surface area contributed by atoms with Crippen LogP contribution in [0.1, 0.15) is 59.3 Å². The SMILES string of the molecule is C=CCN(CC(=O)N1CCc2sccc2C1c1ccc(C(C)(C)C)cc1)C(=O)C(Cl)c1ccccc1. The van der Waals surface area contributed by atoms with Crippen LogP contribution >= 0.6 is 22.9 Å². The molecule has 6 heteroatoms. The fourth-order valence-corrected chi connectivity index (χ4v) is 5.86. The number of halogens is 1. The van der Waals surface area contributed by atoms with Gasteiger partial charge in [0.25, 0.3) is 0 Å². The fourth-order valence-electron chi connectivity index (χ4n) is 4.68. The van der Waals surface area contributed by atoms with Crippen LogP contribution in [0.5, 0.6) is 0 Å². The van der Waals surface area contributed by atoms with Crippen LogP contribution in [-0.2, 0) is 21.4 Å². The lowest BCUT2D eigenvalue weighted by Gasteiger charge is -2.38. The highest BCUT2D eigenvalue weighted by Gasteiger charge is 2.35. The number of nitrogens with zero attached hydrogens (tertiary/aromatic N) is 2. The summed E-state index contributed by atoms with van der Waals surface area (Å²) in [6, 6.07) is 19.8. The van der Waals surface area contributed by atoms with Crippen molar-refractivity contribution in [3.05, 3.63) is 106 Å². The van der Waals surface area contributed by atoms with Crippen LogP contribution in [0.3, 0.4) is 0 Å². The van der Waals surface area contributed by atoms with Gasteiger partial charge in [0.15, 0.2) is 0 Å². The molecule has 1 aliphatic heterocycles. The molecule has 2 amide bonds. The molecule has 4 nitrogen and oxygen atoms in total. The molecule has 3 aromatic rings. The first-order valence-electron chi connectivity index (χ1n) is 12.3. The zero-order chi connectivity index (χ0) is 25.9. The van der Waals surface area contributed by atoms with Gasteiger partial charge < -0.3 is 9.80 Å². The number of fused-ring (bicyclic) bond motifs is 1. The first kappa shape index (κ1) is 26.2. The van der Waals surface area contributed by atoms with Crippen LogP contribution in [0.25, 0.3) is 0 Å². The van der Waals surface area contributed by atoms with Crippen LogP contribution in [-0.4, -0.2) is 41.2 Å². The van der Waals surface area contributed by atoms with E-state index in [1.165, 1.54) is 20.9 Å². The molecule has 2 heterocycles. The van der Waals surface area contributed by atoms with Crippen molar-refractivity contribution in [1.29, 1.82) is 0 Å². The Morgan fingerprint density at radius 1 is 1.14 bits per heavy atom. The first-order valence-corrected chi connectivity index (χ1v) is 13.6. The summed E-state index contributed by atoms with van der Waals surface area (Å²) >= 11 is 8.28. The van der Waals surface area contributed by atoms with Crippen LogP contribution in [0.4, 0.5) is 0 Å². The third-order valence-electron chi connectivity index (χ3n) is 6.68. The van der Waals surface area contributed by atoms with Crippen molar-refractivity contribution in [3.63, 3.8) is 0 Å². The summed E-state index contributed by atoms with van der Waals surface area (Å²) in [5.74, 6) is -0.390. The van der Waals surface area contributed by atoms with E-state index < -0.39 is 5.38 Å². The van der Waals surface area contributed by atoms with Gasteiger partial charge in [-0.1, -0.05) is 81.4 Å². The molecule has 0 radical (unpaired) electrons. The van der Waals surface area contributed by atoms with Crippen LogP contribution in [0.2, 0.25) is 0 Å². The van der Waals surface area contributed by atoms with E-state index in [-0.39, 0.29) is 36.4 Å². The molecule has 0 fully saturated rings. The number of amides is 2. The zero-order valence-corrected chi connectivity index (χ0v) is 22.7. The predicted molar refractivity (Wildman–Crippen MR) is 149 cm³/mol. The Hall–Kier alpha value is -2.89. The van der Waals surface area contributed by atoms with Crippen molar-refractivity contribution in [2.24, 2.45) is 0 Å². The minimum Gasteiger partial charge on any atom is -0.330 e. The molecular formula is C30H33ClN2O2S. The van der Waals surface area contributed by atoms with Crippen LogP contribution in [0, 0.1) is 0 Å². The van der Waals surface area contributed by atoms with E-state index in [1.54, 1.807) is 17.4 Å². The molecular weight excluding hydrogens is 488 g/mol. The summed E-state index contributed by atoms with van der Waals surface area (Å²) in [6.07, 6.45) is 2.45. The Morgan fingerprint density at radius 2 is 1.83 bits per heavy atom. The third kappa shape index (κ3) is 5.58. The molecule has 0 saturated carbocycles. The number of carbonyl (C=O) groups excluding carboxylic acids is 2. The summed E-state index contributed by atoms with van der Waals surface area (Å²) in [7, 11) is 0. The second-order valence-corrected chi connectivity index (χ2v) is 11.6. The van der Waals surface area contributed by atoms with E-state index in [9.17, 15) is 9.59 Å². The molecule has 2 unspecified atom stereocenters. The highest BCUT2D eigenvalue weighted by atomic mass is 35.5. The van der Waals surface area contributed by atoms with Crippen molar-refractivity contribution in [1.82, 2.24) is 9.80 Å². The Kier molecular flexibility index (Phi) is 8.01. The van der Waals surface area contributed by atoms with E-state index in [2.05, 4.69) is 63.1 Å². The van der Waals surface area contributed by atoms with Crippen molar-refractivity contribution in [2.75, 3.05) is 19.6 Å². The minimum absolute atomic E-state index is 0.0447. The van der Waals surface area contributed by atoms with Gasteiger partial charge in [-0.3, -0.25) is 9.59 Å². The third-order valence-corrected chi connectivity index (χ3v) is 8.11. The van der Waals surface area contributed by atoms with Crippen molar-refractivity contribution in [3.8, 4) is 0 Å². The van der Waals surface area contributed by atoms with Crippen LogP contribution < -0.4 is 0 Å². The maximum Gasteiger partial charge on any atom is 0.245 e. The second-order valence-electron chi connectivity index (χ2n) is 10.2. The highest BCUT2D eigenvalue weighted by Crippen LogP contribution is 2.38. The molecule has 188 valence electrons. The Morgan fingerprint density at radius 3 is 2.47 bits per heavy atom. The van der Waals surface area contributed by atoms with E-state index in [1.807, 2.05) is 35.2 Å². The Balaban J connectivity index is 1.60. The van der Waals surface area contributed by atoms with Gasteiger partial charge in [0, 0.05) is 18.0 Å². The predicted octanol–water partition coefficient (Wildman–Crippen LogP) is 6.51. The topological polar surface area (TPSA) is 40.6 Å². The summed E-state index contributed by atoms with van der Waals surface area (Å²) in [4.78, 5) is 31.7. The molecule has 0 aliphatic carbocycles. The largest absolute Gasteiger partial charge is 0.330 e. The quantitative estimate of drug-likeness (QED) is 0.263. The lowest BCUT2D eigenvalue weighted by atomic mass is 9.85. The number of alkyl halides is 1. The summed E-state index contributed by atoms with van der Waals surface area (Å²) in [5, 5.41) is 1.24. The molecule has 2 atom stereocenters. The second kappa shape index (κ2) is 11.0. The summed E-state index contributed by atoms with van der Waals surface area (Å²) in [5.41, 5.74) is 4.27. The summed E-state index contributed by atoms with van der Waals surface area (Å²) in [6.45, 7) is 11.2. The van der Waals surface area contributed by atoms with Gasteiger partial charge in [-0.05, 0) is 45.5 Å². The number of rotatable bonds is 7. The maximum absolute atomic E-state index is 13.7. The highest BCUT2D eigenvalue weighted by molar-refractivity contribution is 7.10. The minimum atomic E-state index is -0.857. The number of benzene rings is 2. The molecule has 0 N–H and O–H groups in total. The Labute approximate surface area is 223 Å². The average molecular weight is 521 g/mol. The van der Waals surface area contributed by atoms with Gasteiger partial charge in [0.05, 0.1) is 6.04 Å². The van der Waals surface area contributed by atoms with Gasteiger partial charge in [0.2, 0.25) is 11.8 Å². The molecule has 0 saturated heterocycles. The monoisotopic (exact) mass is 520 g/mol. The van der Waals surface area contributed by atoms with E-state index in [0.717, 1.165) is 12.0 Å². The molecule has 1 aromatic heterocycles. The first-order chi connectivity index (χ1) is 17.2. The average Bonchev–Trinajstić information content (AvgIpc) is 3.36. The smallest absolute Gasteiger partial charge is 0.245 e. The number of carbonyl (C=O) groups is 2. The summed E-state index contributed by atoms with van der Waals surface area (Å²) < 4.78 is 0. The molecule has 0 bridgehead atoms.